The molecule has 0 N–H and O–H groups in total. The Labute approximate surface area is 106 Å². The molecule has 1 saturated carbocycles. The quantitative estimate of drug-likeness (QED) is 0.697. The first-order valence-electron chi connectivity index (χ1n) is 6.32. The Balaban J connectivity index is 2.11. The zero-order chi connectivity index (χ0) is 11.7. The van der Waals surface area contributed by atoms with Gasteiger partial charge in [0.2, 0.25) is 0 Å². The van der Waals surface area contributed by atoms with Crippen LogP contribution < -0.4 is 0 Å². The highest BCUT2D eigenvalue weighted by atomic mass is 32.1. The molecule has 1 fully saturated rings. The summed E-state index contributed by atoms with van der Waals surface area (Å²) < 4.78 is 3.15. The van der Waals surface area contributed by atoms with Crippen LogP contribution in [0.25, 0.3) is 10.9 Å². The summed E-state index contributed by atoms with van der Waals surface area (Å²) in [6.45, 7) is 0. The van der Waals surface area contributed by atoms with Gasteiger partial charge in [-0.05, 0) is 25.0 Å². The summed E-state index contributed by atoms with van der Waals surface area (Å²) in [6, 6.07) is 8.70. The van der Waals surface area contributed by atoms with E-state index in [1.807, 2.05) is 24.5 Å². The number of fused-ring (bicyclic) bond motifs is 1. The number of rotatable bonds is 1. The first kappa shape index (κ1) is 10.9. The van der Waals surface area contributed by atoms with Crippen molar-refractivity contribution < 1.29 is 0 Å². The highest BCUT2D eigenvalue weighted by molar-refractivity contribution is 7.71. The minimum atomic E-state index is 0.563. The Hall–Kier alpha value is -1.22. The van der Waals surface area contributed by atoms with Gasteiger partial charge in [-0.3, -0.25) is 0 Å². The second kappa shape index (κ2) is 4.57. The smallest absolute Gasteiger partial charge is 0.116 e. The van der Waals surface area contributed by atoms with Crippen molar-refractivity contribution in [3.63, 3.8) is 0 Å². The van der Waals surface area contributed by atoms with Crippen molar-refractivity contribution in [3.05, 3.63) is 35.2 Å². The van der Waals surface area contributed by atoms with E-state index in [0.29, 0.717) is 6.04 Å². The van der Waals surface area contributed by atoms with Crippen LogP contribution >= 0.6 is 12.2 Å². The minimum Gasteiger partial charge on any atom is -0.320 e. The Bertz CT molecular complexity index is 582. The molecule has 0 saturated heterocycles. The Morgan fingerprint density at radius 1 is 1.12 bits per heavy atom. The van der Waals surface area contributed by atoms with Crippen molar-refractivity contribution in [2.45, 2.75) is 38.1 Å². The minimum absolute atomic E-state index is 0.563. The van der Waals surface area contributed by atoms with E-state index >= 15 is 0 Å². The van der Waals surface area contributed by atoms with Gasteiger partial charge in [0.1, 0.15) is 4.64 Å². The maximum atomic E-state index is 5.60. The van der Waals surface area contributed by atoms with E-state index in [2.05, 4.69) is 15.6 Å². The molecule has 0 spiro atoms. The number of nitrogens with zero attached hydrogens (tertiary/aromatic N) is 2. The molecule has 2 aromatic rings. The van der Waals surface area contributed by atoms with E-state index in [0.717, 1.165) is 15.5 Å². The van der Waals surface area contributed by atoms with Crippen molar-refractivity contribution >= 4 is 23.1 Å². The van der Waals surface area contributed by atoms with E-state index < -0.39 is 0 Å². The molecule has 2 nitrogen and oxygen atoms in total. The third-order valence-electron chi connectivity index (χ3n) is 3.66. The van der Waals surface area contributed by atoms with Crippen LogP contribution in [-0.2, 0) is 0 Å². The molecule has 1 aliphatic rings. The van der Waals surface area contributed by atoms with Gasteiger partial charge in [0.25, 0.3) is 0 Å². The molecule has 0 amide bonds. The molecule has 0 aliphatic heterocycles. The maximum Gasteiger partial charge on any atom is 0.116 e. The number of para-hydroxylation sites is 1. The summed E-state index contributed by atoms with van der Waals surface area (Å²) in [5.74, 6) is 0. The molecular weight excluding hydrogens is 228 g/mol. The summed E-state index contributed by atoms with van der Waals surface area (Å²) in [5, 5.41) is 1.11. The van der Waals surface area contributed by atoms with E-state index in [9.17, 15) is 0 Å². The van der Waals surface area contributed by atoms with E-state index in [1.54, 1.807) is 0 Å². The molecule has 0 atom stereocenters. The molecule has 1 aromatic carbocycles. The predicted molar refractivity (Wildman–Crippen MR) is 72.7 cm³/mol. The van der Waals surface area contributed by atoms with Crippen LogP contribution in [0.4, 0.5) is 0 Å². The Morgan fingerprint density at radius 2 is 1.88 bits per heavy atom. The fraction of sp³-hybridized carbons (Fsp3) is 0.429. The Morgan fingerprint density at radius 3 is 2.71 bits per heavy atom. The summed E-state index contributed by atoms with van der Waals surface area (Å²) in [6.07, 6.45) is 8.42. The maximum absolute atomic E-state index is 5.60. The van der Waals surface area contributed by atoms with Gasteiger partial charge in [0.15, 0.2) is 0 Å². The van der Waals surface area contributed by atoms with Crippen LogP contribution in [0.15, 0.2) is 30.6 Å². The van der Waals surface area contributed by atoms with Crippen molar-refractivity contribution in [2.24, 2.45) is 0 Å². The molecule has 17 heavy (non-hydrogen) atoms. The summed E-state index contributed by atoms with van der Waals surface area (Å²) in [7, 11) is 0. The molecule has 1 aromatic heterocycles. The highest BCUT2D eigenvalue weighted by Gasteiger charge is 2.15. The fourth-order valence-corrected chi connectivity index (χ4v) is 3.07. The molecule has 3 rings (SSSR count). The normalized spacial score (nSPS) is 17.4. The van der Waals surface area contributed by atoms with E-state index in [4.69, 9.17) is 12.2 Å². The zero-order valence-electron chi connectivity index (χ0n) is 9.80. The van der Waals surface area contributed by atoms with Gasteiger partial charge in [-0.1, -0.05) is 43.6 Å². The van der Waals surface area contributed by atoms with Gasteiger partial charge in [-0.15, -0.1) is 0 Å². The van der Waals surface area contributed by atoms with Crippen molar-refractivity contribution in [3.8, 4) is 0 Å². The SMILES string of the molecule is S=c1c2ccccc2ncn1C1CCCCC1. The highest BCUT2D eigenvalue weighted by Crippen LogP contribution is 2.29. The first-order valence-corrected chi connectivity index (χ1v) is 6.73. The first-order chi connectivity index (χ1) is 8.36. The van der Waals surface area contributed by atoms with Gasteiger partial charge >= 0.3 is 0 Å². The van der Waals surface area contributed by atoms with Gasteiger partial charge in [-0.2, -0.15) is 0 Å². The third kappa shape index (κ3) is 2.00. The average Bonchev–Trinajstić information content (AvgIpc) is 2.40. The second-order valence-corrected chi connectivity index (χ2v) is 5.15. The van der Waals surface area contributed by atoms with Crippen LogP contribution in [0, 0.1) is 4.64 Å². The monoisotopic (exact) mass is 244 g/mol. The molecule has 3 heteroatoms. The van der Waals surface area contributed by atoms with Crippen LogP contribution in [0.2, 0.25) is 0 Å². The lowest BCUT2D eigenvalue weighted by Gasteiger charge is -2.24. The van der Waals surface area contributed by atoms with Crippen LogP contribution in [0.3, 0.4) is 0 Å². The van der Waals surface area contributed by atoms with E-state index in [1.165, 1.54) is 32.1 Å². The zero-order valence-corrected chi connectivity index (χ0v) is 10.6. The van der Waals surface area contributed by atoms with Crippen molar-refractivity contribution in [2.75, 3.05) is 0 Å². The molecule has 1 heterocycles. The van der Waals surface area contributed by atoms with Gasteiger partial charge < -0.3 is 4.57 Å². The number of aromatic nitrogens is 2. The molecule has 0 unspecified atom stereocenters. The van der Waals surface area contributed by atoms with Crippen molar-refractivity contribution in [1.82, 2.24) is 9.55 Å². The molecule has 1 aliphatic carbocycles. The predicted octanol–water partition coefficient (Wildman–Crippen LogP) is 4.27. The topological polar surface area (TPSA) is 17.8 Å². The van der Waals surface area contributed by atoms with E-state index in [-0.39, 0.29) is 0 Å². The Kier molecular flexibility index (Phi) is 2.93. The molecular formula is C14H16N2S. The van der Waals surface area contributed by atoms with Gasteiger partial charge in [0.05, 0.1) is 11.8 Å². The van der Waals surface area contributed by atoms with Crippen LogP contribution in [-0.4, -0.2) is 9.55 Å². The third-order valence-corrected chi connectivity index (χ3v) is 4.09. The summed E-state index contributed by atoms with van der Waals surface area (Å²) in [5.41, 5.74) is 1.00. The largest absolute Gasteiger partial charge is 0.320 e. The number of hydrogen-bond donors (Lipinski definition) is 0. The van der Waals surface area contributed by atoms with Gasteiger partial charge in [-0.25, -0.2) is 4.98 Å². The summed E-state index contributed by atoms with van der Waals surface area (Å²) >= 11 is 5.60. The number of hydrogen-bond acceptors (Lipinski definition) is 2. The average molecular weight is 244 g/mol. The molecule has 0 radical (unpaired) electrons. The fourth-order valence-electron chi connectivity index (χ4n) is 2.70. The lowest BCUT2D eigenvalue weighted by molar-refractivity contribution is 0.348. The van der Waals surface area contributed by atoms with Crippen LogP contribution in [0.5, 0.6) is 0 Å². The molecule has 88 valence electrons. The standard InChI is InChI=1S/C14H16N2S/c17-14-12-8-4-5-9-13(12)15-10-16(14)11-6-2-1-3-7-11/h4-5,8-11H,1-3,6-7H2. The van der Waals surface area contributed by atoms with Crippen molar-refractivity contribution in [1.29, 1.82) is 0 Å². The lowest BCUT2D eigenvalue weighted by Crippen LogP contribution is -2.14. The number of benzene rings is 1. The van der Waals surface area contributed by atoms with Crippen LogP contribution in [0.1, 0.15) is 38.1 Å². The summed E-state index contributed by atoms with van der Waals surface area (Å²) in [4.78, 5) is 4.51. The molecule has 0 bridgehead atoms. The van der Waals surface area contributed by atoms with Gasteiger partial charge in [0, 0.05) is 11.4 Å². The second-order valence-electron chi connectivity index (χ2n) is 4.77. The lowest BCUT2D eigenvalue weighted by atomic mass is 9.95.